The highest BCUT2D eigenvalue weighted by Crippen LogP contribution is 2.33. The Kier molecular flexibility index (Phi) is 4.47. The van der Waals surface area contributed by atoms with Gasteiger partial charge in [0.2, 0.25) is 0 Å². The number of benzene rings is 3. The lowest BCUT2D eigenvalue weighted by atomic mass is 10.2. The summed E-state index contributed by atoms with van der Waals surface area (Å²) in [6.45, 7) is 4.86. The van der Waals surface area contributed by atoms with Gasteiger partial charge in [-0.3, -0.25) is 0 Å². The van der Waals surface area contributed by atoms with E-state index in [9.17, 15) is 0 Å². The van der Waals surface area contributed by atoms with E-state index in [1.54, 1.807) is 7.11 Å². The number of aromatic amines is 1. The molecule has 0 aliphatic heterocycles. The number of nitrogens with one attached hydrogen (secondary N) is 1. The lowest BCUT2D eigenvalue weighted by Crippen LogP contribution is -2.05. The Morgan fingerprint density at radius 2 is 1.60 bits per heavy atom. The van der Waals surface area contributed by atoms with Crippen molar-refractivity contribution in [2.24, 2.45) is 5.92 Å². The van der Waals surface area contributed by atoms with Gasteiger partial charge >= 0.3 is 0 Å². The molecule has 3 aromatic carbocycles. The highest BCUT2D eigenvalue weighted by atomic mass is 16.5. The first-order valence-electron chi connectivity index (χ1n) is 9.98. The van der Waals surface area contributed by atoms with Crippen LogP contribution in [-0.4, -0.2) is 33.7 Å². The van der Waals surface area contributed by atoms with Crippen molar-refractivity contribution >= 4 is 33.1 Å². The zero-order valence-corrected chi connectivity index (χ0v) is 17.1. The van der Waals surface area contributed by atoms with E-state index in [0.29, 0.717) is 24.1 Å². The molecule has 6 nitrogen and oxygen atoms in total. The SMILES string of the molecule is COc1cc(-c2nc3cc4nc5ccccc5[nH]c4cc3n2)ccc1OCC(C)C. The topological polar surface area (TPSA) is 72.9 Å². The first-order valence-corrected chi connectivity index (χ1v) is 9.98. The molecule has 150 valence electrons. The third-order valence-corrected chi connectivity index (χ3v) is 4.95. The lowest BCUT2D eigenvalue weighted by molar-refractivity contribution is 0.257. The van der Waals surface area contributed by atoms with E-state index in [1.807, 2.05) is 54.6 Å². The van der Waals surface area contributed by atoms with Crippen molar-refractivity contribution in [3.63, 3.8) is 0 Å². The van der Waals surface area contributed by atoms with Crippen LogP contribution in [0.25, 0.3) is 44.5 Å². The average Bonchev–Trinajstić information content (AvgIpc) is 3.17. The van der Waals surface area contributed by atoms with Crippen molar-refractivity contribution in [1.82, 2.24) is 19.9 Å². The summed E-state index contributed by atoms with van der Waals surface area (Å²) in [4.78, 5) is 17.6. The van der Waals surface area contributed by atoms with E-state index < -0.39 is 0 Å². The first kappa shape index (κ1) is 18.4. The van der Waals surface area contributed by atoms with Crippen LogP contribution >= 0.6 is 0 Å². The summed E-state index contributed by atoms with van der Waals surface area (Å²) in [5.41, 5.74) is 6.23. The zero-order chi connectivity index (χ0) is 20.7. The standard InChI is InChI=1S/C24H22N4O2/c1-14(2)13-30-22-9-8-15(10-23(22)29-3)24-27-20-11-18-19(12-21(20)28-24)26-17-7-5-4-6-16(17)25-18/h4-12,14,25H,13H2,1-3H3. The fraction of sp³-hybridized carbons (Fsp3) is 0.208. The van der Waals surface area contributed by atoms with E-state index in [0.717, 1.165) is 44.4 Å². The van der Waals surface area contributed by atoms with Crippen molar-refractivity contribution in [2.45, 2.75) is 13.8 Å². The molecular weight excluding hydrogens is 376 g/mol. The highest BCUT2D eigenvalue weighted by Gasteiger charge is 2.13. The smallest absolute Gasteiger partial charge is 0.161 e. The molecule has 0 bridgehead atoms. The number of aromatic nitrogens is 4. The van der Waals surface area contributed by atoms with Crippen molar-refractivity contribution in [3.05, 3.63) is 54.6 Å². The highest BCUT2D eigenvalue weighted by molar-refractivity contribution is 5.95. The predicted octanol–water partition coefficient (Wildman–Crippen LogP) is 5.37. The number of hydrogen-bond donors (Lipinski definition) is 1. The number of H-pyrrole nitrogens is 1. The Bertz CT molecular complexity index is 1300. The van der Waals surface area contributed by atoms with Gasteiger partial charge in [-0.2, -0.15) is 0 Å². The number of fused-ring (bicyclic) bond motifs is 3. The number of methoxy groups -OCH3 is 1. The molecule has 0 saturated heterocycles. The molecule has 2 aromatic heterocycles. The quantitative estimate of drug-likeness (QED) is 0.403. The third kappa shape index (κ3) is 3.30. The maximum absolute atomic E-state index is 5.85. The minimum absolute atomic E-state index is 0.439. The second-order valence-corrected chi connectivity index (χ2v) is 7.73. The molecule has 0 spiro atoms. The number of imidazole rings is 1. The molecule has 0 aliphatic carbocycles. The maximum Gasteiger partial charge on any atom is 0.161 e. The maximum atomic E-state index is 5.85. The molecular formula is C24H22N4O2. The Morgan fingerprint density at radius 1 is 0.800 bits per heavy atom. The van der Waals surface area contributed by atoms with Gasteiger partial charge in [0.25, 0.3) is 0 Å². The van der Waals surface area contributed by atoms with E-state index in [2.05, 4.69) is 18.8 Å². The number of hydrogen-bond acceptors (Lipinski definition) is 5. The molecule has 5 aromatic rings. The second kappa shape index (κ2) is 7.30. The number of para-hydroxylation sites is 2. The monoisotopic (exact) mass is 398 g/mol. The fourth-order valence-corrected chi connectivity index (χ4v) is 3.45. The average molecular weight is 398 g/mol. The molecule has 0 amide bonds. The van der Waals surface area contributed by atoms with Crippen LogP contribution in [0.5, 0.6) is 11.5 Å². The Balaban J connectivity index is 1.57. The van der Waals surface area contributed by atoms with Crippen LogP contribution in [0.3, 0.4) is 0 Å². The molecule has 0 fully saturated rings. The third-order valence-electron chi connectivity index (χ3n) is 4.95. The number of ether oxygens (including phenoxy) is 2. The van der Waals surface area contributed by atoms with Gasteiger partial charge in [-0.25, -0.2) is 15.0 Å². The predicted molar refractivity (Wildman–Crippen MR) is 119 cm³/mol. The number of nitrogens with zero attached hydrogens (tertiary/aromatic N) is 3. The molecule has 0 unspecified atom stereocenters. The Hall–Kier alpha value is -3.67. The molecule has 30 heavy (non-hydrogen) atoms. The lowest BCUT2D eigenvalue weighted by Gasteiger charge is -2.13. The van der Waals surface area contributed by atoms with Crippen molar-refractivity contribution in [3.8, 4) is 22.9 Å². The summed E-state index contributed by atoms with van der Waals surface area (Å²) in [6.07, 6.45) is 0. The van der Waals surface area contributed by atoms with Gasteiger partial charge in [0.1, 0.15) is 0 Å². The van der Waals surface area contributed by atoms with Gasteiger partial charge in [-0.15, -0.1) is 0 Å². The number of rotatable bonds is 5. The van der Waals surface area contributed by atoms with Crippen LogP contribution in [0, 0.1) is 5.92 Å². The minimum Gasteiger partial charge on any atom is -0.493 e. The molecule has 1 N–H and O–H groups in total. The van der Waals surface area contributed by atoms with Gasteiger partial charge in [0, 0.05) is 5.56 Å². The van der Waals surface area contributed by atoms with Crippen molar-refractivity contribution in [1.29, 1.82) is 0 Å². The van der Waals surface area contributed by atoms with E-state index >= 15 is 0 Å². The van der Waals surface area contributed by atoms with E-state index in [4.69, 9.17) is 24.4 Å². The van der Waals surface area contributed by atoms with Gasteiger partial charge in [-0.05, 0) is 48.4 Å². The Morgan fingerprint density at radius 3 is 2.40 bits per heavy atom. The molecule has 6 heteroatoms. The van der Waals surface area contributed by atoms with Crippen molar-refractivity contribution in [2.75, 3.05) is 13.7 Å². The van der Waals surface area contributed by atoms with Crippen LogP contribution in [-0.2, 0) is 0 Å². The Labute approximate surface area is 173 Å². The van der Waals surface area contributed by atoms with Crippen LogP contribution in [0.4, 0.5) is 0 Å². The summed E-state index contributed by atoms with van der Waals surface area (Å²) < 4.78 is 11.4. The normalized spacial score (nSPS) is 11.6. The van der Waals surface area contributed by atoms with Gasteiger partial charge in [0.15, 0.2) is 17.3 Å². The van der Waals surface area contributed by atoms with E-state index in [-0.39, 0.29) is 0 Å². The van der Waals surface area contributed by atoms with Crippen LogP contribution in [0.2, 0.25) is 0 Å². The minimum atomic E-state index is 0.439. The van der Waals surface area contributed by atoms with E-state index in [1.165, 1.54) is 0 Å². The van der Waals surface area contributed by atoms with Gasteiger partial charge < -0.3 is 14.5 Å². The summed E-state index contributed by atoms with van der Waals surface area (Å²) in [6, 6.07) is 17.8. The first-order chi connectivity index (χ1) is 14.6. The zero-order valence-electron chi connectivity index (χ0n) is 17.1. The molecule has 0 saturated carbocycles. The van der Waals surface area contributed by atoms with Gasteiger partial charge in [0.05, 0.1) is 46.8 Å². The van der Waals surface area contributed by atoms with Crippen LogP contribution in [0.1, 0.15) is 13.8 Å². The largest absolute Gasteiger partial charge is 0.493 e. The second-order valence-electron chi connectivity index (χ2n) is 7.73. The molecule has 0 aliphatic rings. The molecule has 0 radical (unpaired) electrons. The van der Waals surface area contributed by atoms with Gasteiger partial charge in [-0.1, -0.05) is 26.0 Å². The summed E-state index contributed by atoms with van der Waals surface area (Å²) in [7, 11) is 1.64. The summed E-state index contributed by atoms with van der Waals surface area (Å²) >= 11 is 0. The molecule has 2 heterocycles. The summed E-state index contributed by atoms with van der Waals surface area (Å²) in [5, 5.41) is 0. The summed E-state index contributed by atoms with van der Waals surface area (Å²) in [5.74, 6) is 2.49. The van der Waals surface area contributed by atoms with Crippen LogP contribution in [0.15, 0.2) is 54.6 Å². The van der Waals surface area contributed by atoms with Crippen LogP contribution < -0.4 is 9.47 Å². The fourth-order valence-electron chi connectivity index (χ4n) is 3.45. The van der Waals surface area contributed by atoms with Crippen molar-refractivity contribution < 1.29 is 9.47 Å². The molecule has 0 atom stereocenters. The molecule has 5 rings (SSSR count).